The molecular formula is C21H24N2O3. The van der Waals surface area contributed by atoms with Crippen LogP contribution < -0.4 is 4.74 Å². The van der Waals surface area contributed by atoms with E-state index < -0.39 is 0 Å². The molecule has 0 aromatic heterocycles. The molecule has 0 unspecified atom stereocenters. The number of hydrogen-bond donors (Lipinski definition) is 0. The lowest BCUT2D eigenvalue weighted by atomic mass is 10.1. The Balaban J connectivity index is 1.71. The van der Waals surface area contributed by atoms with Gasteiger partial charge in [-0.25, -0.2) is 0 Å². The number of amides is 2. The van der Waals surface area contributed by atoms with E-state index in [-0.39, 0.29) is 11.8 Å². The second-order valence-corrected chi connectivity index (χ2v) is 6.45. The molecule has 0 atom stereocenters. The summed E-state index contributed by atoms with van der Waals surface area (Å²) in [6.07, 6.45) is 0.762. The number of para-hydroxylation sites is 1. The molecule has 1 saturated heterocycles. The highest BCUT2D eigenvalue weighted by molar-refractivity contribution is 5.97. The molecule has 0 spiro atoms. The molecule has 5 heteroatoms. The quantitative estimate of drug-likeness (QED) is 0.853. The van der Waals surface area contributed by atoms with Crippen LogP contribution in [0.1, 0.15) is 32.7 Å². The minimum atomic E-state index is -0.0485. The van der Waals surface area contributed by atoms with Crippen molar-refractivity contribution in [2.75, 3.05) is 33.3 Å². The van der Waals surface area contributed by atoms with Crippen LogP contribution in [-0.4, -0.2) is 54.9 Å². The van der Waals surface area contributed by atoms with Crippen LogP contribution in [0.3, 0.4) is 0 Å². The maximum atomic E-state index is 12.9. The van der Waals surface area contributed by atoms with Gasteiger partial charge in [0.2, 0.25) is 0 Å². The fraction of sp³-hybridized carbons (Fsp3) is 0.333. The summed E-state index contributed by atoms with van der Waals surface area (Å²) in [7, 11) is 1.57. The standard InChI is InChI=1S/C21H24N2O3/c1-16-8-3-4-9-17(16)20(24)22-12-7-13-23(15-14-22)21(25)18-10-5-6-11-19(18)26-2/h3-6,8-11H,7,12-15H2,1-2H3. The van der Waals surface area contributed by atoms with Crippen LogP contribution >= 0.6 is 0 Å². The number of rotatable bonds is 3. The molecule has 0 saturated carbocycles. The first-order chi connectivity index (χ1) is 12.6. The van der Waals surface area contributed by atoms with E-state index in [2.05, 4.69) is 0 Å². The Morgan fingerprint density at radius 3 is 1.96 bits per heavy atom. The Bertz CT molecular complexity index is 803. The number of methoxy groups -OCH3 is 1. The van der Waals surface area contributed by atoms with Crippen LogP contribution in [0.5, 0.6) is 5.75 Å². The molecule has 1 fully saturated rings. The smallest absolute Gasteiger partial charge is 0.257 e. The van der Waals surface area contributed by atoms with Crippen molar-refractivity contribution < 1.29 is 14.3 Å². The largest absolute Gasteiger partial charge is 0.496 e. The van der Waals surface area contributed by atoms with E-state index in [4.69, 9.17) is 4.74 Å². The maximum absolute atomic E-state index is 12.9. The topological polar surface area (TPSA) is 49.9 Å². The van der Waals surface area contributed by atoms with Gasteiger partial charge in [0.1, 0.15) is 5.75 Å². The van der Waals surface area contributed by atoms with Crippen LogP contribution in [-0.2, 0) is 0 Å². The highest BCUT2D eigenvalue weighted by Crippen LogP contribution is 2.20. The highest BCUT2D eigenvalue weighted by Gasteiger charge is 2.25. The molecule has 2 aromatic rings. The Hall–Kier alpha value is -2.82. The van der Waals surface area contributed by atoms with Crippen molar-refractivity contribution in [3.8, 4) is 5.75 Å². The zero-order valence-corrected chi connectivity index (χ0v) is 15.3. The molecule has 136 valence electrons. The first-order valence-corrected chi connectivity index (χ1v) is 8.89. The number of aryl methyl sites for hydroxylation is 1. The lowest BCUT2D eigenvalue weighted by Gasteiger charge is -2.23. The monoisotopic (exact) mass is 352 g/mol. The molecule has 0 bridgehead atoms. The van der Waals surface area contributed by atoms with Crippen molar-refractivity contribution in [1.29, 1.82) is 0 Å². The van der Waals surface area contributed by atoms with Gasteiger partial charge >= 0.3 is 0 Å². The van der Waals surface area contributed by atoms with Crippen LogP contribution in [0.2, 0.25) is 0 Å². The molecule has 2 aromatic carbocycles. The second-order valence-electron chi connectivity index (χ2n) is 6.45. The van der Waals surface area contributed by atoms with Gasteiger partial charge in [0.25, 0.3) is 11.8 Å². The van der Waals surface area contributed by atoms with Gasteiger partial charge in [-0.1, -0.05) is 30.3 Å². The van der Waals surface area contributed by atoms with Gasteiger partial charge in [-0.2, -0.15) is 0 Å². The number of carbonyl (C=O) groups is 2. The third-order valence-corrected chi connectivity index (χ3v) is 4.78. The van der Waals surface area contributed by atoms with Gasteiger partial charge < -0.3 is 14.5 Å². The number of hydrogen-bond acceptors (Lipinski definition) is 3. The fourth-order valence-corrected chi connectivity index (χ4v) is 3.30. The third kappa shape index (κ3) is 3.72. The zero-order valence-electron chi connectivity index (χ0n) is 15.3. The molecule has 5 nitrogen and oxygen atoms in total. The number of ether oxygens (including phenoxy) is 1. The van der Waals surface area contributed by atoms with Gasteiger partial charge in [0.05, 0.1) is 12.7 Å². The summed E-state index contributed by atoms with van der Waals surface area (Å²) in [6.45, 7) is 4.29. The average molecular weight is 352 g/mol. The van der Waals surface area contributed by atoms with Crippen molar-refractivity contribution in [2.45, 2.75) is 13.3 Å². The Morgan fingerprint density at radius 1 is 0.808 bits per heavy atom. The van der Waals surface area contributed by atoms with E-state index in [0.29, 0.717) is 37.5 Å². The van der Waals surface area contributed by atoms with E-state index in [1.54, 1.807) is 19.2 Å². The predicted molar refractivity (Wildman–Crippen MR) is 101 cm³/mol. The summed E-state index contributed by atoms with van der Waals surface area (Å²) in [5, 5.41) is 0. The Morgan fingerprint density at radius 2 is 1.35 bits per heavy atom. The van der Waals surface area contributed by atoms with E-state index >= 15 is 0 Å². The summed E-state index contributed by atoms with van der Waals surface area (Å²) >= 11 is 0. The van der Waals surface area contributed by atoms with Crippen LogP contribution in [0.15, 0.2) is 48.5 Å². The minimum Gasteiger partial charge on any atom is -0.496 e. The molecule has 0 N–H and O–H groups in total. The van der Waals surface area contributed by atoms with Crippen molar-refractivity contribution >= 4 is 11.8 Å². The number of carbonyl (C=O) groups excluding carboxylic acids is 2. The zero-order chi connectivity index (χ0) is 18.5. The molecule has 1 aliphatic heterocycles. The van der Waals surface area contributed by atoms with Crippen molar-refractivity contribution in [2.24, 2.45) is 0 Å². The molecular weight excluding hydrogens is 328 g/mol. The van der Waals surface area contributed by atoms with Crippen molar-refractivity contribution in [1.82, 2.24) is 9.80 Å². The lowest BCUT2D eigenvalue weighted by molar-refractivity contribution is 0.0716. The maximum Gasteiger partial charge on any atom is 0.257 e. The molecule has 26 heavy (non-hydrogen) atoms. The lowest BCUT2D eigenvalue weighted by Crippen LogP contribution is -2.37. The molecule has 1 aliphatic rings. The molecule has 0 aliphatic carbocycles. The molecule has 3 rings (SSSR count). The summed E-state index contributed by atoms with van der Waals surface area (Å²) in [5.74, 6) is 0.567. The molecule has 0 radical (unpaired) electrons. The van der Waals surface area contributed by atoms with E-state index in [0.717, 1.165) is 17.5 Å². The Kier molecular flexibility index (Phi) is 5.56. The number of nitrogens with zero attached hydrogens (tertiary/aromatic N) is 2. The second kappa shape index (κ2) is 8.04. The van der Waals surface area contributed by atoms with Gasteiger partial charge in [-0.05, 0) is 37.1 Å². The van der Waals surface area contributed by atoms with Gasteiger partial charge in [-0.15, -0.1) is 0 Å². The van der Waals surface area contributed by atoms with Crippen LogP contribution in [0, 0.1) is 6.92 Å². The van der Waals surface area contributed by atoms with Crippen molar-refractivity contribution in [3.63, 3.8) is 0 Å². The highest BCUT2D eigenvalue weighted by atomic mass is 16.5. The van der Waals surface area contributed by atoms with Gasteiger partial charge in [0, 0.05) is 31.7 Å². The SMILES string of the molecule is COc1ccccc1C(=O)N1CCCN(C(=O)c2ccccc2C)CC1. The van der Waals surface area contributed by atoms with E-state index in [1.165, 1.54) is 0 Å². The molecule has 1 heterocycles. The normalized spacial score (nSPS) is 14.7. The van der Waals surface area contributed by atoms with Crippen molar-refractivity contribution in [3.05, 3.63) is 65.2 Å². The van der Waals surface area contributed by atoms with E-state index in [1.807, 2.05) is 53.1 Å². The summed E-state index contributed by atoms with van der Waals surface area (Å²) < 4.78 is 5.31. The average Bonchev–Trinajstić information content (AvgIpc) is 2.93. The first-order valence-electron chi connectivity index (χ1n) is 8.89. The Labute approximate surface area is 154 Å². The molecule has 2 amide bonds. The number of benzene rings is 2. The summed E-state index contributed by atoms with van der Waals surface area (Å²) in [6, 6.07) is 14.9. The first kappa shape index (κ1) is 18.0. The summed E-state index contributed by atoms with van der Waals surface area (Å²) in [4.78, 5) is 29.4. The third-order valence-electron chi connectivity index (χ3n) is 4.78. The predicted octanol–water partition coefficient (Wildman–Crippen LogP) is 2.99. The van der Waals surface area contributed by atoms with Crippen LogP contribution in [0.25, 0.3) is 0 Å². The van der Waals surface area contributed by atoms with Gasteiger partial charge in [0.15, 0.2) is 0 Å². The fourth-order valence-electron chi connectivity index (χ4n) is 3.30. The van der Waals surface area contributed by atoms with Gasteiger partial charge in [-0.3, -0.25) is 9.59 Å². The van der Waals surface area contributed by atoms with E-state index in [9.17, 15) is 9.59 Å². The minimum absolute atomic E-state index is 0.0368. The summed E-state index contributed by atoms with van der Waals surface area (Å²) in [5.41, 5.74) is 2.27. The van der Waals surface area contributed by atoms with Crippen LogP contribution in [0.4, 0.5) is 0 Å².